The number of carbonyl (C=O) groups is 1. The zero-order valence-electron chi connectivity index (χ0n) is 16.2. The third-order valence-corrected chi connectivity index (χ3v) is 5.94. The highest BCUT2D eigenvalue weighted by Gasteiger charge is 2.36. The number of aromatic nitrogens is 2. The van der Waals surface area contributed by atoms with E-state index in [0.717, 1.165) is 5.56 Å². The van der Waals surface area contributed by atoms with E-state index in [1.165, 1.54) is 4.68 Å². The SMILES string of the molecule is Cc1nn(CC(=O)NCC2(c3ccc(Cl)cc3Cl)CCOCC2)c(C)c1[N+](=O)[O-]. The average molecular weight is 441 g/mol. The van der Waals surface area contributed by atoms with Crippen molar-refractivity contribution in [2.75, 3.05) is 19.8 Å². The molecule has 1 aromatic carbocycles. The molecule has 1 amide bonds. The Morgan fingerprint density at radius 2 is 2.03 bits per heavy atom. The molecule has 0 radical (unpaired) electrons. The molecule has 1 aliphatic rings. The van der Waals surface area contributed by atoms with Crippen molar-refractivity contribution >= 4 is 34.8 Å². The maximum absolute atomic E-state index is 12.6. The van der Waals surface area contributed by atoms with E-state index in [1.54, 1.807) is 26.0 Å². The number of nitrogens with one attached hydrogen (secondary N) is 1. The number of ether oxygens (including phenoxy) is 1. The Bertz CT molecular complexity index is 939. The lowest BCUT2D eigenvalue weighted by Gasteiger charge is -2.38. The van der Waals surface area contributed by atoms with Crippen LogP contribution in [0.4, 0.5) is 5.69 Å². The molecule has 0 aliphatic carbocycles. The van der Waals surface area contributed by atoms with E-state index in [1.807, 2.05) is 6.07 Å². The normalized spacial score (nSPS) is 15.9. The van der Waals surface area contributed by atoms with E-state index in [9.17, 15) is 14.9 Å². The topological polar surface area (TPSA) is 99.3 Å². The van der Waals surface area contributed by atoms with Crippen LogP contribution in [0.2, 0.25) is 10.0 Å². The summed E-state index contributed by atoms with van der Waals surface area (Å²) >= 11 is 12.5. The first-order chi connectivity index (χ1) is 13.7. The van der Waals surface area contributed by atoms with Gasteiger partial charge in [-0.25, -0.2) is 0 Å². The molecule has 0 saturated carbocycles. The Kier molecular flexibility index (Phi) is 6.45. The number of hydrogen-bond donors (Lipinski definition) is 1. The van der Waals surface area contributed by atoms with Crippen LogP contribution in [0.5, 0.6) is 0 Å². The van der Waals surface area contributed by atoms with E-state index >= 15 is 0 Å². The first-order valence-corrected chi connectivity index (χ1v) is 9.97. The molecule has 3 rings (SSSR count). The first-order valence-electron chi connectivity index (χ1n) is 9.22. The molecule has 0 atom stereocenters. The third-order valence-electron chi connectivity index (χ3n) is 5.40. The standard InChI is InChI=1S/C19H22Cl2N4O4/c1-12-18(25(27)28)13(2)24(23-12)10-17(26)22-11-19(5-7-29-8-6-19)15-4-3-14(20)9-16(15)21/h3-4,9H,5-8,10-11H2,1-2H3,(H,22,26). The van der Waals surface area contributed by atoms with E-state index in [-0.39, 0.29) is 29.2 Å². The second-order valence-electron chi connectivity index (χ2n) is 7.23. The number of nitrogens with zero attached hydrogens (tertiary/aromatic N) is 3. The first kappa shape index (κ1) is 21.5. The van der Waals surface area contributed by atoms with Gasteiger partial charge in [0.2, 0.25) is 5.91 Å². The largest absolute Gasteiger partial charge is 0.381 e. The molecule has 0 bridgehead atoms. The summed E-state index contributed by atoms with van der Waals surface area (Å²) in [5.41, 5.74) is 1.13. The number of carbonyl (C=O) groups excluding carboxylic acids is 1. The van der Waals surface area contributed by atoms with Crippen LogP contribution in [0.15, 0.2) is 18.2 Å². The summed E-state index contributed by atoms with van der Waals surface area (Å²) in [5, 5.41) is 19.3. The molecule has 2 heterocycles. The van der Waals surface area contributed by atoms with Crippen molar-refractivity contribution in [2.24, 2.45) is 0 Å². The van der Waals surface area contributed by atoms with Crippen LogP contribution < -0.4 is 5.32 Å². The van der Waals surface area contributed by atoms with E-state index in [4.69, 9.17) is 27.9 Å². The van der Waals surface area contributed by atoms with Gasteiger partial charge in [0.05, 0.1) is 4.92 Å². The Hall–Kier alpha value is -2.16. The number of halogens is 2. The highest BCUT2D eigenvalue weighted by Crippen LogP contribution is 2.39. The lowest BCUT2D eigenvalue weighted by molar-refractivity contribution is -0.386. The summed E-state index contributed by atoms with van der Waals surface area (Å²) in [6, 6.07) is 5.38. The Balaban J connectivity index is 1.76. The van der Waals surface area contributed by atoms with Crippen molar-refractivity contribution in [3.05, 3.63) is 55.3 Å². The van der Waals surface area contributed by atoms with Gasteiger partial charge in [0, 0.05) is 35.2 Å². The summed E-state index contributed by atoms with van der Waals surface area (Å²) in [7, 11) is 0. The van der Waals surface area contributed by atoms with Gasteiger partial charge in [0.25, 0.3) is 0 Å². The monoisotopic (exact) mass is 440 g/mol. The van der Waals surface area contributed by atoms with Crippen molar-refractivity contribution in [1.82, 2.24) is 15.1 Å². The minimum atomic E-state index is -0.481. The van der Waals surface area contributed by atoms with Gasteiger partial charge < -0.3 is 10.1 Å². The van der Waals surface area contributed by atoms with Gasteiger partial charge in [-0.1, -0.05) is 29.3 Å². The third kappa shape index (κ3) is 4.55. The minimum absolute atomic E-state index is 0.0633. The van der Waals surface area contributed by atoms with Crippen LogP contribution in [0.3, 0.4) is 0 Å². The van der Waals surface area contributed by atoms with Gasteiger partial charge in [-0.2, -0.15) is 5.10 Å². The molecule has 1 aromatic heterocycles. The minimum Gasteiger partial charge on any atom is -0.381 e. The molecule has 1 aliphatic heterocycles. The van der Waals surface area contributed by atoms with Crippen molar-refractivity contribution in [3.63, 3.8) is 0 Å². The molecule has 0 unspecified atom stereocenters. The van der Waals surface area contributed by atoms with Gasteiger partial charge in [-0.05, 0) is 44.4 Å². The number of aryl methyl sites for hydroxylation is 1. The number of hydrogen-bond acceptors (Lipinski definition) is 5. The predicted octanol–water partition coefficient (Wildman–Crippen LogP) is 3.58. The molecule has 0 spiro atoms. The summed E-state index contributed by atoms with van der Waals surface area (Å²) < 4.78 is 6.86. The number of amides is 1. The van der Waals surface area contributed by atoms with Crippen molar-refractivity contribution in [3.8, 4) is 0 Å². The predicted molar refractivity (Wildman–Crippen MR) is 110 cm³/mol. The fourth-order valence-corrected chi connectivity index (χ4v) is 4.40. The Morgan fingerprint density at radius 3 is 2.62 bits per heavy atom. The molecule has 1 fully saturated rings. The number of nitro groups is 1. The molecule has 156 valence electrons. The van der Waals surface area contributed by atoms with Crippen LogP contribution in [-0.4, -0.2) is 40.4 Å². The van der Waals surface area contributed by atoms with Crippen LogP contribution in [-0.2, 0) is 21.5 Å². The molecule has 2 aromatic rings. The van der Waals surface area contributed by atoms with Crippen LogP contribution in [0, 0.1) is 24.0 Å². The highest BCUT2D eigenvalue weighted by molar-refractivity contribution is 6.35. The number of rotatable bonds is 6. The summed E-state index contributed by atoms with van der Waals surface area (Å²) in [4.78, 5) is 23.2. The summed E-state index contributed by atoms with van der Waals surface area (Å²) in [6.45, 7) is 4.55. The second-order valence-corrected chi connectivity index (χ2v) is 8.07. The average Bonchev–Trinajstić information content (AvgIpc) is 2.94. The van der Waals surface area contributed by atoms with Gasteiger partial charge in [-0.15, -0.1) is 0 Å². The van der Waals surface area contributed by atoms with Gasteiger partial charge >= 0.3 is 5.69 Å². The van der Waals surface area contributed by atoms with E-state index in [2.05, 4.69) is 10.4 Å². The van der Waals surface area contributed by atoms with Crippen molar-refractivity contribution < 1.29 is 14.5 Å². The second kappa shape index (κ2) is 8.69. The van der Waals surface area contributed by atoms with Crippen LogP contribution in [0.1, 0.15) is 29.8 Å². The van der Waals surface area contributed by atoms with Crippen LogP contribution in [0.25, 0.3) is 0 Å². The van der Waals surface area contributed by atoms with Gasteiger partial charge in [0.1, 0.15) is 17.9 Å². The quantitative estimate of drug-likeness (QED) is 0.546. The van der Waals surface area contributed by atoms with E-state index in [0.29, 0.717) is 48.3 Å². The fraction of sp³-hybridized carbons (Fsp3) is 0.474. The lowest BCUT2D eigenvalue weighted by Crippen LogP contribution is -2.45. The highest BCUT2D eigenvalue weighted by atomic mass is 35.5. The van der Waals surface area contributed by atoms with Crippen LogP contribution >= 0.6 is 23.2 Å². The molecule has 29 heavy (non-hydrogen) atoms. The zero-order chi connectivity index (χ0) is 21.2. The Labute approximate surface area is 178 Å². The molecule has 1 saturated heterocycles. The van der Waals surface area contributed by atoms with Crippen molar-refractivity contribution in [2.45, 2.75) is 38.6 Å². The molecule has 1 N–H and O–H groups in total. The van der Waals surface area contributed by atoms with Gasteiger partial charge in [0.15, 0.2) is 0 Å². The fourth-order valence-electron chi connectivity index (χ4n) is 3.79. The molecule has 10 heteroatoms. The summed E-state index contributed by atoms with van der Waals surface area (Å²) in [5.74, 6) is -0.276. The number of benzene rings is 1. The van der Waals surface area contributed by atoms with E-state index < -0.39 is 4.92 Å². The Morgan fingerprint density at radius 1 is 1.34 bits per heavy atom. The molecular formula is C19H22Cl2N4O4. The molecular weight excluding hydrogens is 419 g/mol. The molecule has 8 nitrogen and oxygen atoms in total. The maximum atomic E-state index is 12.6. The zero-order valence-corrected chi connectivity index (χ0v) is 17.7. The smallest absolute Gasteiger partial charge is 0.312 e. The lowest BCUT2D eigenvalue weighted by atomic mass is 9.74. The van der Waals surface area contributed by atoms with Crippen molar-refractivity contribution in [1.29, 1.82) is 0 Å². The van der Waals surface area contributed by atoms with Gasteiger partial charge in [-0.3, -0.25) is 19.6 Å². The summed E-state index contributed by atoms with van der Waals surface area (Å²) in [6.07, 6.45) is 1.42. The maximum Gasteiger partial charge on any atom is 0.312 e.